The van der Waals surface area contributed by atoms with Gasteiger partial charge in [-0.05, 0) is 37.5 Å². The lowest BCUT2D eigenvalue weighted by atomic mass is 10.2. The molecule has 0 spiro atoms. The Kier molecular flexibility index (Phi) is 3.96. The maximum atomic E-state index is 12.5. The maximum Gasteiger partial charge on any atom is 0.243 e. The zero-order chi connectivity index (χ0) is 13.3. The third-order valence-electron chi connectivity index (χ3n) is 3.35. The second kappa shape index (κ2) is 5.17. The molecule has 1 aliphatic rings. The molecule has 0 saturated carbocycles. The van der Waals surface area contributed by atoms with Gasteiger partial charge in [0.15, 0.2) is 0 Å². The van der Waals surface area contributed by atoms with E-state index in [-0.39, 0.29) is 10.9 Å². The minimum absolute atomic E-state index is 0.0879. The summed E-state index contributed by atoms with van der Waals surface area (Å²) in [4.78, 5) is 0.249. The lowest BCUT2D eigenvalue weighted by Crippen LogP contribution is -2.39. The van der Waals surface area contributed by atoms with Gasteiger partial charge in [-0.3, -0.25) is 0 Å². The topological polar surface area (TPSA) is 63.4 Å². The maximum absolute atomic E-state index is 12.5. The Bertz CT molecular complexity index is 545. The van der Waals surface area contributed by atoms with Crippen LogP contribution in [-0.2, 0) is 10.0 Å². The Balaban J connectivity index is 2.38. The van der Waals surface area contributed by atoms with Crippen molar-refractivity contribution in [1.82, 2.24) is 4.31 Å². The lowest BCUT2D eigenvalue weighted by Gasteiger charge is -2.23. The molecular weight excluding hydrogens is 272 g/mol. The number of hydrogen-bond donors (Lipinski definition) is 1. The molecule has 0 aliphatic carbocycles. The number of halogens is 1. The Morgan fingerprint density at radius 3 is 2.83 bits per heavy atom. The van der Waals surface area contributed by atoms with E-state index in [9.17, 15) is 8.42 Å². The summed E-state index contributed by atoms with van der Waals surface area (Å²) < 4.78 is 26.5. The molecule has 18 heavy (non-hydrogen) atoms. The molecule has 0 amide bonds. The molecule has 4 nitrogen and oxygen atoms in total. The zero-order valence-electron chi connectivity index (χ0n) is 10.3. The van der Waals surface area contributed by atoms with Crippen molar-refractivity contribution >= 4 is 21.6 Å². The molecule has 1 atom stereocenters. The number of hydrogen-bond acceptors (Lipinski definition) is 3. The Hall–Kier alpha value is -0.620. The lowest BCUT2D eigenvalue weighted by molar-refractivity contribution is 0.393. The van der Waals surface area contributed by atoms with Crippen LogP contribution in [0.4, 0.5) is 0 Å². The Morgan fingerprint density at radius 2 is 2.22 bits per heavy atom. The van der Waals surface area contributed by atoms with E-state index in [2.05, 4.69) is 0 Å². The molecule has 6 heteroatoms. The van der Waals surface area contributed by atoms with Gasteiger partial charge in [-0.25, -0.2) is 8.42 Å². The largest absolute Gasteiger partial charge is 0.329 e. The molecular formula is C12H17ClN2O2S. The van der Waals surface area contributed by atoms with Crippen LogP contribution in [0.25, 0.3) is 0 Å². The van der Waals surface area contributed by atoms with Crippen molar-refractivity contribution in [2.45, 2.75) is 30.7 Å². The summed E-state index contributed by atoms with van der Waals surface area (Å²) >= 11 is 5.99. The first-order chi connectivity index (χ1) is 8.46. The van der Waals surface area contributed by atoms with E-state index >= 15 is 0 Å². The van der Waals surface area contributed by atoms with Gasteiger partial charge >= 0.3 is 0 Å². The molecule has 2 N–H and O–H groups in total. The van der Waals surface area contributed by atoms with E-state index in [1.54, 1.807) is 12.1 Å². The van der Waals surface area contributed by atoms with Gasteiger partial charge in [-0.1, -0.05) is 17.7 Å². The first-order valence-electron chi connectivity index (χ1n) is 5.95. The van der Waals surface area contributed by atoms with Gasteiger partial charge in [0, 0.05) is 24.2 Å². The molecule has 0 aromatic heterocycles. The fraction of sp³-hybridized carbons (Fsp3) is 0.500. The van der Waals surface area contributed by atoms with Crippen molar-refractivity contribution in [3.63, 3.8) is 0 Å². The Morgan fingerprint density at radius 1 is 1.50 bits per heavy atom. The van der Waals surface area contributed by atoms with Crippen molar-refractivity contribution in [1.29, 1.82) is 0 Å². The highest BCUT2D eigenvalue weighted by Gasteiger charge is 2.34. The standard InChI is InChI=1S/C12H17ClN2O2S/c1-9-4-5-11(7-12(9)13)18(16,17)15-6-2-3-10(15)8-14/h4-5,7,10H,2-3,6,8,14H2,1H3. The first-order valence-corrected chi connectivity index (χ1v) is 7.76. The quantitative estimate of drug-likeness (QED) is 0.922. The minimum Gasteiger partial charge on any atom is -0.329 e. The van der Waals surface area contributed by atoms with Gasteiger partial charge < -0.3 is 5.73 Å². The van der Waals surface area contributed by atoms with E-state index in [1.807, 2.05) is 6.92 Å². The van der Waals surface area contributed by atoms with E-state index in [4.69, 9.17) is 17.3 Å². The fourth-order valence-electron chi connectivity index (χ4n) is 2.23. The molecule has 0 radical (unpaired) electrons. The summed E-state index contributed by atoms with van der Waals surface area (Å²) in [6.07, 6.45) is 1.69. The van der Waals surface area contributed by atoms with Crippen molar-refractivity contribution in [2.24, 2.45) is 5.73 Å². The van der Waals surface area contributed by atoms with E-state index in [0.29, 0.717) is 18.1 Å². The molecule has 100 valence electrons. The second-order valence-corrected chi connectivity index (χ2v) is 6.86. The van der Waals surface area contributed by atoms with Crippen LogP contribution in [0.2, 0.25) is 5.02 Å². The van der Waals surface area contributed by atoms with Crippen LogP contribution in [0.5, 0.6) is 0 Å². The van der Waals surface area contributed by atoms with Crippen LogP contribution in [0.3, 0.4) is 0 Å². The van der Waals surface area contributed by atoms with Gasteiger partial charge in [-0.2, -0.15) is 4.31 Å². The van der Waals surface area contributed by atoms with E-state index in [0.717, 1.165) is 18.4 Å². The predicted molar refractivity (Wildman–Crippen MR) is 72.2 cm³/mol. The molecule has 1 aliphatic heterocycles. The van der Waals surface area contributed by atoms with E-state index < -0.39 is 10.0 Å². The monoisotopic (exact) mass is 288 g/mol. The summed E-state index contributed by atoms with van der Waals surface area (Å²) in [6, 6.07) is 4.75. The number of benzene rings is 1. The van der Waals surface area contributed by atoms with Gasteiger partial charge in [0.1, 0.15) is 0 Å². The number of nitrogens with zero attached hydrogens (tertiary/aromatic N) is 1. The second-order valence-electron chi connectivity index (χ2n) is 4.56. The summed E-state index contributed by atoms with van der Waals surface area (Å²) in [5, 5.41) is 0.472. The number of rotatable bonds is 3. The normalized spacial score (nSPS) is 21.4. The third-order valence-corrected chi connectivity index (χ3v) is 5.70. The highest BCUT2D eigenvalue weighted by molar-refractivity contribution is 7.89. The number of sulfonamides is 1. The molecule has 0 bridgehead atoms. The summed E-state index contributed by atoms with van der Waals surface area (Å²) in [5.41, 5.74) is 6.49. The first kappa shape index (κ1) is 13.8. The van der Waals surface area contributed by atoms with Gasteiger partial charge in [0.25, 0.3) is 0 Å². The fourth-order valence-corrected chi connectivity index (χ4v) is 4.21. The van der Waals surface area contributed by atoms with Crippen LogP contribution >= 0.6 is 11.6 Å². The van der Waals surface area contributed by atoms with Crippen LogP contribution in [0, 0.1) is 6.92 Å². The molecule has 2 rings (SSSR count). The van der Waals surface area contributed by atoms with Gasteiger partial charge in [0.05, 0.1) is 4.90 Å². The van der Waals surface area contributed by atoms with E-state index in [1.165, 1.54) is 10.4 Å². The average Bonchev–Trinajstić information content (AvgIpc) is 2.81. The van der Waals surface area contributed by atoms with Crippen molar-refractivity contribution in [3.8, 4) is 0 Å². The minimum atomic E-state index is -3.47. The molecule has 1 fully saturated rings. The van der Waals surface area contributed by atoms with Crippen LogP contribution in [0.1, 0.15) is 18.4 Å². The van der Waals surface area contributed by atoms with Crippen molar-refractivity contribution in [2.75, 3.05) is 13.1 Å². The molecule has 1 saturated heterocycles. The number of aryl methyl sites for hydroxylation is 1. The highest BCUT2D eigenvalue weighted by Crippen LogP contribution is 2.27. The highest BCUT2D eigenvalue weighted by atomic mass is 35.5. The van der Waals surface area contributed by atoms with Crippen molar-refractivity contribution in [3.05, 3.63) is 28.8 Å². The molecule has 1 heterocycles. The summed E-state index contributed by atoms with van der Waals surface area (Å²) in [5.74, 6) is 0. The molecule has 1 aromatic carbocycles. The predicted octanol–water partition coefficient (Wildman–Crippen LogP) is 1.76. The average molecular weight is 289 g/mol. The smallest absolute Gasteiger partial charge is 0.243 e. The molecule has 1 aromatic rings. The van der Waals surface area contributed by atoms with Crippen LogP contribution in [0.15, 0.2) is 23.1 Å². The molecule has 1 unspecified atom stereocenters. The number of nitrogens with two attached hydrogens (primary N) is 1. The van der Waals surface area contributed by atoms with Gasteiger partial charge in [-0.15, -0.1) is 0 Å². The Labute approximate surface area is 113 Å². The third kappa shape index (κ3) is 2.40. The SMILES string of the molecule is Cc1ccc(S(=O)(=O)N2CCCC2CN)cc1Cl. The van der Waals surface area contributed by atoms with Gasteiger partial charge in [0.2, 0.25) is 10.0 Å². The van der Waals surface area contributed by atoms with Crippen LogP contribution in [-0.4, -0.2) is 31.9 Å². The van der Waals surface area contributed by atoms with Crippen LogP contribution < -0.4 is 5.73 Å². The summed E-state index contributed by atoms with van der Waals surface area (Å²) in [7, 11) is -3.47. The van der Waals surface area contributed by atoms with Crippen molar-refractivity contribution < 1.29 is 8.42 Å². The summed E-state index contributed by atoms with van der Waals surface area (Å²) in [6.45, 7) is 2.74. The zero-order valence-corrected chi connectivity index (χ0v) is 11.8.